The highest BCUT2D eigenvalue weighted by molar-refractivity contribution is 5.81. The van der Waals surface area contributed by atoms with Crippen LogP contribution in [-0.2, 0) is 4.79 Å². The molecule has 2 aliphatic rings. The number of hydrogen-bond acceptors (Lipinski definition) is 3. The van der Waals surface area contributed by atoms with Gasteiger partial charge in [-0.1, -0.05) is 12.8 Å². The SMILES string of the molecule is C[C@@H]1CCC[C@H](C)N1CCNC(=O)[C@@H]1CCCCN1. The van der Waals surface area contributed by atoms with Crippen LogP contribution in [0, 0.1) is 0 Å². The molecule has 0 saturated carbocycles. The van der Waals surface area contributed by atoms with Gasteiger partial charge in [0.1, 0.15) is 0 Å². The van der Waals surface area contributed by atoms with Crippen molar-refractivity contribution in [2.75, 3.05) is 19.6 Å². The minimum absolute atomic E-state index is 0.0463. The Labute approximate surface area is 117 Å². The molecule has 0 aromatic rings. The van der Waals surface area contributed by atoms with E-state index in [4.69, 9.17) is 0 Å². The van der Waals surface area contributed by atoms with Crippen molar-refractivity contribution in [3.05, 3.63) is 0 Å². The molecular formula is C15H29N3O. The van der Waals surface area contributed by atoms with Crippen molar-refractivity contribution in [2.45, 2.75) is 70.5 Å². The van der Waals surface area contributed by atoms with Crippen molar-refractivity contribution in [1.82, 2.24) is 15.5 Å². The third-order valence-electron chi connectivity index (χ3n) is 4.67. The van der Waals surface area contributed by atoms with Crippen LogP contribution in [0.1, 0.15) is 52.4 Å². The van der Waals surface area contributed by atoms with Gasteiger partial charge in [-0.3, -0.25) is 9.69 Å². The molecule has 0 spiro atoms. The van der Waals surface area contributed by atoms with Gasteiger partial charge in [-0.05, 0) is 46.1 Å². The Bertz CT molecular complexity index is 279. The summed E-state index contributed by atoms with van der Waals surface area (Å²) in [6, 6.07) is 1.37. The topological polar surface area (TPSA) is 44.4 Å². The second kappa shape index (κ2) is 7.25. The third kappa shape index (κ3) is 4.18. The summed E-state index contributed by atoms with van der Waals surface area (Å²) in [5.41, 5.74) is 0. The summed E-state index contributed by atoms with van der Waals surface area (Å²) in [7, 11) is 0. The number of nitrogens with one attached hydrogen (secondary N) is 2. The molecule has 19 heavy (non-hydrogen) atoms. The van der Waals surface area contributed by atoms with Crippen molar-refractivity contribution in [2.24, 2.45) is 0 Å². The summed E-state index contributed by atoms with van der Waals surface area (Å²) in [6.45, 7) is 7.37. The standard InChI is InChI=1S/C15H29N3O/c1-12-6-5-7-13(2)18(12)11-10-17-15(19)14-8-3-4-9-16-14/h12-14,16H,3-11H2,1-2H3,(H,17,19)/t12-,13+,14-/m0/s1. The maximum Gasteiger partial charge on any atom is 0.237 e. The highest BCUT2D eigenvalue weighted by Crippen LogP contribution is 2.21. The predicted molar refractivity (Wildman–Crippen MR) is 78.1 cm³/mol. The van der Waals surface area contributed by atoms with Gasteiger partial charge in [0.2, 0.25) is 5.91 Å². The molecule has 3 atom stereocenters. The lowest BCUT2D eigenvalue weighted by molar-refractivity contribution is -0.123. The van der Waals surface area contributed by atoms with Gasteiger partial charge < -0.3 is 10.6 Å². The fourth-order valence-electron chi connectivity index (χ4n) is 3.42. The van der Waals surface area contributed by atoms with E-state index >= 15 is 0 Å². The average Bonchev–Trinajstić information content (AvgIpc) is 2.43. The van der Waals surface area contributed by atoms with E-state index in [1.165, 1.54) is 32.1 Å². The highest BCUT2D eigenvalue weighted by atomic mass is 16.2. The molecule has 0 unspecified atom stereocenters. The Morgan fingerprint density at radius 2 is 1.89 bits per heavy atom. The van der Waals surface area contributed by atoms with Crippen LogP contribution in [0.15, 0.2) is 0 Å². The van der Waals surface area contributed by atoms with Gasteiger partial charge in [-0.2, -0.15) is 0 Å². The number of nitrogens with zero attached hydrogens (tertiary/aromatic N) is 1. The monoisotopic (exact) mass is 267 g/mol. The smallest absolute Gasteiger partial charge is 0.237 e. The number of rotatable bonds is 4. The van der Waals surface area contributed by atoms with E-state index in [2.05, 4.69) is 29.4 Å². The number of likely N-dealkylation sites (tertiary alicyclic amines) is 1. The Kier molecular flexibility index (Phi) is 5.64. The molecule has 1 amide bonds. The lowest BCUT2D eigenvalue weighted by Gasteiger charge is -2.39. The Balaban J connectivity index is 1.68. The first-order chi connectivity index (χ1) is 9.18. The number of carbonyl (C=O) groups is 1. The summed E-state index contributed by atoms with van der Waals surface area (Å²) < 4.78 is 0. The number of amides is 1. The molecule has 2 heterocycles. The molecule has 4 nitrogen and oxygen atoms in total. The summed E-state index contributed by atoms with van der Waals surface area (Å²) in [5.74, 6) is 0.192. The molecule has 2 fully saturated rings. The van der Waals surface area contributed by atoms with Crippen LogP contribution < -0.4 is 10.6 Å². The first kappa shape index (κ1) is 14.8. The molecule has 4 heteroatoms. The molecule has 0 aromatic heterocycles. The second-order valence-electron chi connectivity index (χ2n) is 6.16. The zero-order valence-corrected chi connectivity index (χ0v) is 12.5. The fourth-order valence-corrected chi connectivity index (χ4v) is 3.42. The molecular weight excluding hydrogens is 238 g/mol. The van der Waals surface area contributed by atoms with Gasteiger partial charge >= 0.3 is 0 Å². The largest absolute Gasteiger partial charge is 0.353 e. The van der Waals surface area contributed by atoms with Crippen molar-refractivity contribution in [3.8, 4) is 0 Å². The van der Waals surface area contributed by atoms with E-state index in [1.807, 2.05) is 0 Å². The minimum atomic E-state index is 0.0463. The van der Waals surface area contributed by atoms with Crippen LogP contribution >= 0.6 is 0 Å². The Morgan fingerprint density at radius 1 is 1.16 bits per heavy atom. The average molecular weight is 267 g/mol. The maximum atomic E-state index is 12.0. The van der Waals surface area contributed by atoms with E-state index in [0.29, 0.717) is 12.1 Å². The highest BCUT2D eigenvalue weighted by Gasteiger charge is 2.25. The Morgan fingerprint density at radius 3 is 2.53 bits per heavy atom. The predicted octanol–water partition coefficient (Wildman–Crippen LogP) is 1.51. The molecule has 2 rings (SSSR count). The van der Waals surface area contributed by atoms with Crippen LogP contribution in [0.5, 0.6) is 0 Å². The molecule has 110 valence electrons. The lowest BCUT2D eigenvalue weighted by Crippen LogP contribution is -2.50. The summed E-state index contributed by atoms with van der Waals surface area (Å²) in [6.07, 6.45) is 7.29. The lowest BCUT2D eigenvalue weighted by atomic mass is 9.97. The molecule has 0 bridgehead atoms. The van der Waals surface area contributed by atoms with Crippen molar-refractivity contribution >= 4 is 5.91 Å². The summed E-state index contributed by atoms with van der Waals surface area (Å²) >= 11 is 0. The molecule has 0 radical (unpaired) electrons. The van der Waals surface area contributed by atoms with Gasteiger partial charge in [-0.15, -0.1) is 0 Å². The van der Waals surface area contributed by atoms with E-state index in [9.17, 15) is 4.79 Å². The van der Waals surface area contributed by atoms with E-state index in [-0.39, 0.29) is 11.9 Å². The zero-order chi connectivity index (χ0) is 13.7. The molecule has 0 aromatic carbocycles. The Hall–Kier alpha value is -0.610. The van der Waals surface area contributed by atoms with Gasteiger partial charge in [0, 0.05) is 25.2 Å². The summed E-state index contributed by atoms with van der Waals surface area (Å²) in [4.78, 5) is 14.6. The number of piperidine rings is 2. The maximum absolute atomic E-state index is 12.0. The second-order valence-corrected chi connectivity index (χ2v) is 6.16. The first-order valence-electron chi connectivity index (χ1n) is 7.95. The van der Waals surface area contributed by atoms with E-state index in [1.54, 1.807) is 0 Å². The quantitative estimate of drug-likeness (QED) is 0.811. The van der Waals surface area contributed by atoms with Crippen LogP contribution in [0.3, 0.4) is 0 Å². The molecule has 2 N–H and O–H groups in total. The van der Waals surface area contributed by atoms with Crippen LogP contribution in [0.4, 0.5) is 0 Å². The first-order valence-corrected chi connectivity index (χ1v) is 7.95. The van der Waals surface area contributed by atoms with Gasteiger partial charge in [0.25, 0.3) is 0 Å². The van der Waals surface area contributed by atoms with Crippen molar-refractivity contribution in [1.29, 1.82) is 0 Å². The molecule has 0 aliphatic carbocycles. The normalized spacial score (nSPS) is 33.1. The van der Waals surface area contributed by atoms with Crippen LogP contribution in [-0.4, -0.2) is 48.6 Å². The van der Waals surface area contributed by atoms with E-state index in [0.717, 1.165) is 26.1 Å². The molecule has 2 aliphatic heterocycles. The third-order valence-corrected chi connectivity index (χ3v) is 4.67. The van der Waals surface area contributed by atoms with Crippen LogP contribution in [0.2, 0.25) is 0 Å². The minimum Gasteiger partial charge on any atom is -0.353 e. The van der Waals surface area contributed by atoms with Gasteiger partial charge in [0.15, 0.2) is 0 Å². The number of carbonyl (C=O) groups excluding carboxylic acids is 1. The summed E-state index contributed by atoms with van der Waals surface area (Å²) in [5, 5.41) is 6.40. The van der Waals surface area contributed by atoms with Crippen molar-refractivity contribution < 1.29 is 4.79 Å². The fraction of sp³-hybridized carbons (Fsp3) is 0.933. The number of hydrogen-bond donors (Lipinski definition) is 2. The van der Waals surface area contributed by atoms with Crippen LogP contribution in [0.25, 0.3) is 0 Å². The van der Waals surface area contributed by atoms with Crippen molar-refractivity contribution in [3.63, 3.8) is 0 Å². The zero-order valence-electron chi connectivity index (χ0n) is 12.5. The molecule has 2 saturated heterocycles. The van der Waals surface area contributed by atoms with Gasteiger partial charge in [-0.25, -0.2) is 0 Å². The van der Waals surface area contributed by atoms with Gasteiger partial charge in [0.05, 0.1) is 6.04 Å². The van der Waals surface area contributed by atoms with E-state index < -0.39 is 0 Å².